The molecule has 0 aromatic heterocycles. The van der Waals surface area contributed by atoms with E-state index in [4.69, 9.17) is 0 Å². The lowest BCUT2D eigenvalue weighted by atomic mass is 9.96. The van der Waals surface area contributed by atoms with E-state index in [-0.39, 0.29) is 0 Å². The molecular weight excluding hydrogens is 276 g/mol. The van der Waals surface area contributed by atoms with Gasteiger partial charge in [-0.05, 0) is 62.5 Å². The summed E-state index contributed by atoms with van der Waals surface area (Å²) in [7, 11) is 0. The van der Waals surface area contributed by atoms with Gasteiger partial charge in [-0.25, -0.2) is 0 Å². The topological polar surface area (TPSA) is 15.3 Å². The number of rotatable bonds is 1. The number of nitrogens with zero attached hydrogens (tertiary/aromatic N) is 1. The van der Waals surface area contributed by atoms with Crippen LogP contribution in [0, 0.1) is 0 Å². The molecule has 0 amide bonds. The van der Waals surface area contributed by atoms with Crippen molar-refractivity contribution in [1.29, 1.82) is 0 Å². The highest BCUT2D eigenvalue weighted by atomic mass is 79.9. The molecule has 1 saturated heterocycles. The highest BCUT2D eigenvalue weighted by molar-refractivity contribution is 9.10. The van der Waals surface area contributed by atoms with Gasteiger partial charge in [0.1, 0.15) is 0 Å². The molecule has 0 saturated carbocycles. The second-order valence-electron chi connectivity index (χ2n) is 5.05. The first kappa shape index (κ1) is 11.5. The Bertz CT molecular complexity index is 399. The van der Waals surface area contributed by atoms with Crippen molar-refractivity contribution in [3.8, 4) is 0 Å². The summed E-state index contributed by atoms with van der Waals surface area (Å²) in [6.07, 6.45) is 5.11. The fraction of sp³-hybridized carbons (Fsp3) is 0.571. The van der Waals surface area contributed by atoms with Crippen molar-refractivity contribution in [3.63, 3.8) is 0 Å². The van der Waals surface area contributed by atoms with Crippen molar-refractivity contribution in [2.45, 2.75) is 31.7 Å². The third-order valence-corrected chi connectivity index (χ3v) is 4.44. The Balaban J connectivity index is 1.88. The van der Waals surface area contributed by atoms with Crippen molar-refractivity contribution in [2.24, 2.45) is 0 Å². The third-order valence-electron chi connectivity index (χ3n) is 3.95. The number of fused-ring (bicyclic) bond motifs is 1. The van der Waals surface area contributed by atoms with E-state index >= 15 is 0 Å². The van der Waals surface area contributed by atoms with E-state index in [0.29, 0.717) is 0 Å². The molecule has 0 radical (unpaired) electrons. The SMILES string of the molecule is Brc1ccc2c(c1)CCCN2C1CCNCC1. The van der Waals surface area contributed by atoms with Gasteiger partial charge >= 0.3 is 0 Å². The van der Waals surface area contributed by atoms with E-state index in [1.54, 1.807) is 0 Å². The molecule has 1 N–H and O–H groups in total. The Morgan fingerprint density at radius 1 is 1.24 bits per heavy atom. The van der Waals surface area contributed by atoms with E-state index in [2.05, 4.69) is 44.3 Å². The minimum absolute atomic E-state index is 0.747. The Morgan fingerprint density at radius 2 is 2.06 bits per heavy atom. The average Bonchev–Trinajstić information content (AvgIpc) is 2.39. The van der Waals surface area contributed by atoms with E-state index < -0.39 is 0 Å². The van der Waals surface area contributed by atoms with Gasteiger partial charge in [-0.2, -0.15) is 0 Å². The van der Waals surface area contributed by atoms with E-state index in [1.165, 1.54) is 61.0 Å². The molecule has 0 aliphatic carbocycles. The zero-order valence-corrected chi connectivity index (χ0v) is 11.7. The summed E-state index contributed by atoms with van der Waals surface area (Å²) in [6, 6.07) is 7.51. The molecule has 0 spiro atoms. The maximum Gasteiger partial charge on any atom is 0.0402 e. The number of aryl methyl sites for hydroxylation is 1. The first-order valence-corrected chi connectivity index (χ1v) is 7.40. The van der Waals surface area contributed by atoms with Crippen LogP contribution in [0.2, 0.25) is 0 Å². The minimum atomic E-state index is 0.747. The van der Waals surface area contributed by atoms with Gasteiger partial charge in [0.05, 0.1) is 0 Å². The van der Waals surface area contributed by atoms with Crippen molar-refractivity contribution < 1.29 is 0 Å². The molecule has 2 nitrogen and oxygen atoms in total. The third kappa shape index (κ3) is 2.36. The molecule has 1 fully saturated rings. The number of anilines is 1. The average molecular weight is 295 g/mol. The number of benzene rings is 1. The maximum atomic E-state index is 3.58. The molecular formula is C14H19BrN2. The molecule has 1 aromatic carbocycles. The lowest BCUT2D eigenvalue weighted by Gasteiger charge is -2.40. The van der Waals surface area contributed by atoms with Gasteiger partial charge in [0.25, 0.3) is 0 Å². The predicted molar refractivity (Wildman–Crippen MR) is 75.7 cm³/mol. The highest BCUT2D eigenvalue weighted by Crippen LogP contribution is 2.32. The standard InChI is InChI=1S/C14H19BrN2/c15-12-3-4-14-11(10-12)2-1-9-17(14)13-5-7-16-8-6-13/h3-4,10,13,16H,1-2,5-9H2. The Kier molecular flexibility index (Phi) is 3.39. The zero-order valence-electron chi connectivity index (χ0n) is 10.1. The van der Waals surface area contributed by atoms with E-state index in [1.807, 2.05) is 0 Å². The van der Waals surface area contributed by atoms with Crippen molar-refractivity contribution in [3.05, 3.63) is 28.2 Å². The van der Waals surface area contributed by atoms with Crippen LogP contribution in [0.1, 0.15) is 24.8 Å². The van der Waals surface area contributed by atoms with Crippen LogP contribution in [0.3, 0.4) is 0 Å². The summed E-state index contributed by atoms with van der Waals surface area (Å²) in [5.41, 5.74) is 3.00. The van der Waals surface area contributed by atoms with Gasteiger partial charge in [-0.3, -0.25) is 0 Å². The van der Waals surface area contributed by atoms with Crippen LogP contribution in [0.25, 0.3) is 0 Å². The van der Waals surface area contributed by atoms with Crippen molar-refractivity contribution >= 4 is 21.6 Å². The van der Waals surface area contributed by atoms with E-state index in [0.717, 1.165) is 6.04 Å². The molecule has 2 aliphatic heterocycles. The Labute approximate surface area is 112 Å². The van der Waals surface area contributed by atoms with Crippen LogP contribution in [-0.4, -0.2) is 25.7 Å². The summed E-state index contributed by atoms with van der Waals surface area (Å²) in [5, 5.41) is 3.45. The first-order chi connectivity index (χ1) is 8.34. The first-order valence-electron chi connectivity index (χ1n) is 6.60. The van der Waals surface area contributed by atoms with Crippen LogP contribution in [0.5, 0.6) is 0 Å². The van der Waals surface area contributed by atoms with Gasteiger partial charge in [-0.1, -0.05) is 15.9 Å². The predicted octanol–water partition coefficient (Wildman–Crippen LogP) is 2.95. The molecule has 3 heteroatoms. The molecule has 3 rings (SSSR count). The number of nitrogens with one attached hydrogen (secondary N) is 1. The number of halogens is 1. The molecule has 1 aromatic rings. The van der Waals surface area contributed by atoms with Crippen LogP contribution >= 0.6 is 15.9 Å². The largest absolute Gasteiger partial charge is 0.368 e. The lowest BCUT2D eigenvalue weighted by molar-refractivity contribution is 0.422. The second-order valence-corrected chi connectivity index (χ2v) is 5.97. The number of hydrogen-bond acceptors (Lipinski definition) is 2. The van der Waals surface area contributed by atoms with Gasteiger partial charge < -0.3 is 10.2 Å². The summed E-state index contributed by atoms with van der Waals surface area (Å²) >= 11 is 3.58. The Morgan fingerprint density at radius 3 is 2.88 bits per heavy atom. The Hall–Kier alpha value is -0.540. The van der Waals surface area contributed by atoms with Gasteiger partial charge in [-0.15, -0.1) is 0 Å². The molecule has 2 aliphatic rings. The van der Waals surface area contributed by atoms with Crippen LogP contribution < -0.4 is 10.2 Å². The van der Waals surface area contributed by atoms with Gasteiger partial charge in [0.2, 0.25) is 0 Å². The quantitative estimate of drug-likeness (QED) is 0.857. The van der Waals surface area contributed by atoms with Crippen LogP contribution in [-0.2, 0) is 6.42 Å². The molecule has 0 atom stereocenters. The summed E-state index contributed by atoms with van der Waals surface area (Å²) in [4.78, 5) is 2.64. The molecule has 2 heterocycles. The fourth-order valence-electron chi connectivity index (χ4n) is 3.09. The van der Waals surface area contributed by atoms with Crippen LogP contribution in [0.15, 0.2) is 22.7 Å². The fourth-order valence-corrected chi connectivity index (χ4v) is 3.50. The van der Waals surface area contributed by atoms with Crippen LogP contribution in [0.4, 0.5) is 5.69 Å². The highest BCUT2D eigenvalue weighted by Gasteiger charge is 2.25. The van der Waals surface area contributed by atoms with Gasteiger partial charge in [0.15, 0.2) is 0 Å². The number of piperidine rings is 1. The lowest BCUT2D eigenvalue weighted by Crippen LogP contribution is -2.45. The second kappa shape index (κ2) is 4.99. The smallest absolute Gasteiger partial charge is 0.0402 e. The molecule has 92 valence electrons. The summed E-state index contributed by atoms with van der Waals surface area (Å²) in [5.74, 6) is 0. The van der Waals surface area contributed by atoms with Crippen molar-refractivity contribution in [1.82, 2.24) is 5.32 Å². The normalized spacial score (nSPS) is 21.4. The molecule has 17 heavy (non-hydrogen) atoms. The monoisotopic (exact) mass is 294 g/mol. The minimum Gasteiger partial charge on any atom is -0.368 e. The van der Waals surface area contributed by atoms with Gasteiger partial charge in [0, 0.05) is 22.7 Å². The van der Waals surface area contributed by atoms with Crippen molar-refractivity contribution in [2.75, 3.05) is 24.5 Å². The zero-order chi connectivity index (χ0) is 11.7. The number of hydrogen-bond donors (Lipinski definition) is 1. The maximum absolute atomic E-state index is 3.58. The molecule has 0 bridgehead atoms. The summed E-state index contributed by atoms with van der Waals surface area (Å²) < 4.78 is 1.21. The summed E-state index contributed by atoms with van der Waals surface area (Å²) in [6.45, 7) is 3.58. The molecule has 0 unspecified atom stereocenters. The van der Waals surface area contributed by atoms with E-state index in [9.17, 15) is 0 Å².